The fraction of sp³-hybridized carbons (Fsp3) is 0.364. The van der Waals surface area contributed by atoms with Crippen molar-refractivity contribution in [3.63, 3.8) is 0 Å². The summed E-state index contributed by atoms with van der Waals surface area (Å²) in [6.07, 6.45) is 0.841. The number of ether oxygens (including phenoxy) is 3. The van der Waals surface area contributed by atoms with Crippen molar-refractivity contribution >= 4 is 38.3 Å². The minimum atomic E-state index is -3.86. The zero-order valence-corrected chi connectivity index (χ0v) is 19.7. The van der Waals surface area contributed by atoms with Crippen LogP contribution in [0.15, 0.2) is 47.4 Å². The Morgan fingerprint density at radius 3 is 2.61 bits per heavy atom. The molecule has 9 nitrogen and oxygen atoms in total. The van der Waals surface area contributed by atoms with Gasteiger partial charge in [-0.25, -0.2) is 13.4 Å². The quantitative estimate of drug-likeness (QED) is 0.359. The number of hydrogen-bond acceptors (Lipinski definition) is 8. The van der Waals surface area contributed by atoms with Crippen LogP contribution in [-0.4, -0.2) is 69.9 Å². The first-order valence-electron chi connectivity index (χ1n) is 10.5. The molecule has 33 heavy (non-hydrogen) atoms. The molecular weight excluding hydrogens is 468 g/mol. The van der Waals surface area contributed by atoms with Gasteiger partial charge in [0.05, 0.1) is 37.3 Å². The van der Waals surface area contributed by atoms with Crippen molar-refractivity contribution in [1.82, 2.24) is 14.9 Å². The number of nitrogens with one attached hydrogen (secondary N) is 1. The van der Waals surface area contributed by atoms with Crippen LogP contribution in [0.25, 0.3) is 10.9 Å². The number of methoxy groups -OCH3 is 1. The summed E-state index contributed by atoms with van der Waals surface area (Å²) in [7, 11) is -2.34. The van der Waals surface area contributed by atoms with Crippen molar-refractivity contribution in [3.8, 4) is 11.5 Å². The first-order chi connectivity index (χ1) is 16.0. The number of sulfonamides is 1. The van der Waals surface area contributed by atoms with Crippen molar-refractivity contribution in [1.29, 1.82) is 0 Å². The molecule has 4 rings (SSSR count). The molecule has 1 N–H and O–H groups in total. The second kappa shape index (κ2) is 10.5. The van der Waals surface area contributed by atoms with Crippen LogP contribution in [0.2, 0.25) is 5.28 Å². The van der Waals surface area contributed by atoms with Gasteiger partial charge < -0.3 is 14.2 Å². The third-order valence-electron chi connectivity index (χ3n) is 5.22. The van der Waals surface area contributed by atoms with E-state index in [2.05, 4.69) is 19.6 Å². The van der Waals surface area contributed by atoms with E-state index in [0.717, 1.165) is 39.3 Å². The number of anilines is 1. The zero-order valence-electron chi connectivity index (χ0n) is 18.2. The summed E-state index contributed by atoms with van der Waals surface area (Å²) in [6.45, 7) is 4.78. The second-order valence-electron chi connectivity index (χ2n) is 7.44. The highest BCUT2D eigenvalue weighted by molar-refractivity contribution is 7.92. The molecule has 0 spiro atoms. The average molecular weight is 493 g/mol. The maximum Gasteiger partial charge on any atom is 0.263 e. The van der Waals surface area contributed by atoms with Gasteiger partial charge in [0.1, 0.15) is 0 Å². The summed E-state index contributed by atoms with van der Waals surface area (Å²) in [5.41, 5.74) is 0.435. The molecule has 0 radical (unpaired) electrons. The average Bonchev–Trinajstić information content (AvgIpc) is 2.82. The lowest BCUT2D eigenvalue weighted by molar-refractivity contribution is 0.0357. The first kappa shape index (κ1) is 23.5. The van der Waals surface area contributed by atoms with Crippen LogP contribution in [0.1, 0.15) is 6.42 Å². The number of nitrogens with zero attached hydrogens (tertiary/aromatic N) is 3. The monoisotopic (exact) mass is 492 g/mol. The van der Waals surface area contributed by atoms with Gasteiger partial charge in [-0.3, -0.25) is 9.62 Å². The van der Waals surface area contributed by atoms with Crippen molar-refractivity contribution in [2.45, 2.75) is 11.3 Å². The van der Waals surface area contributed by atoms with E-state index in [-0.39, 0.29) is 16.0 Å². The molecular formula is C22H25ClN4O5S. The van der Waals surface area contributed by atoms with Gasteiger partial charge in [-0.15, -0.1) is 0 Å². The summed E-state index contributed by atoms with van der Waals surface area (Å²) in [6, 6.07) is 11.3. The van der Waals surface area contributed by atoms with Gasteiger partial charge in [0.15, 0.2) is 17.3 Å². The van der Waals surface area contributed by atoms with Gasteiger partial charge in [0.25, 0.3) is 10.0 Å². The molecule has 2 heterocycles. The van der Waals surface area contributed by atoms with Crippen LogP contribution >= 0.6 is 11.6 Å². The first-order valence-corrected chi connectivity index (χ1v) is 12.4. The second-order valence-corrected chi connectivity index (χ2v) is 9.46. The Balaban J connectivity index is 1.55. The van der Waals surface area contributed by atoms with E-state index in [1.807, 2.05) is 0 Å². The summed E-state index contributed by atoms with van der Waals surface area (Å²) in [5, 5.41) is 0.355. The van der Waals surface area contributed by atoms with Crippen LogP contribution in [0, 0.1) is 0 Å². The molecule has 0 unspecified atom stereocenters. The predicted octanol–water partition coefficient (Wildman–Crippen LogP) is 3.19. The molecule has 0 saturated carbocycles. The standard InChI is InChI=1S/C22H25ClN4O5S/c1-30-19-14-17-18(15-20(19)32-11-5-8-27-9-12-31-13-10-27)24-22(23)25-21(17)26-33(28,29)16-6-3-2-4-7-16/h2-4,6-7,14-15H,5,8-13H2,1H3,(H,24,25,26). The van der Waals surface area contributed by atoms with Crippen molar-refractivity contribution in [2.24, 2.45) is 0 Å². The highest BCUT2D eigenvalue weighted by atomic mass is 35.5. The number of halogens is 1. The number of rotatable bonds is 9. The van der Waals surface area contributed by atoms with Gasteiger partial charge in [0, 0.05) is 31.1 Å². The van der Waals surface area contributed by atoms with Crippen molar-refractivity contribution in [3.05, 3.63) is 47.7 Å². The number of fused-ring (bicyclic) bond motifs is 1. The predicted molar refractivity (Wildman–Crippen MR) is 126 cm³/mol. The van der Waals surface area contributed by atoms with Gasteiger partial charge in [0.2, 0.25) is 5.28 Å². The maximum absolute atomic E-state index is 12.8. The van der Waals surface area contributed by atoms with Gasteiger partial charge in [-0.05, 0) is 36.2 Å². The third-order valence-corrected chi connectivity index (χ3v) is 6.74. The number of hydrogen-bond donors (Lipinski definition) is 1. The summed E-state index contributed by atoms with van der Waals surface area (Å²) < 4.78 is 44.9. The Labute approximate surface area is 197 Å². The molecule has 0 amide bonds. The van der Waals surface area contributed by atoms with Crippen LogP contribution in [-0.2, 0) is 14.8 Å². The lowest BCUT2D eigenvalue weighted by atomic mass is 10.2. The highest BCUT2D eigenvalue weighted by Crippen LogP contribution is 2.35. The van der Waals surface area contributed by atoms with Crippen LogP contribution < -0.4 is 14.2 Å². The fourth-order valence-electron chi connectivity index (χ4n) is 3.54. The fourth-order valence-corrected chi connectivity index (χ4v) is 4.76. The Morgan fingerprint density at radius 1 is 1.12 bits per heavy atom. The molecule has 0 aliphatic carbocycles. The Hall–Kier alpha value is -2.66. The van der Waals surface area contributed by atoms with Crippen LogP contribution in [0.5, 0.6) is 11.5 Å². The molecule has 176 valence electrons. The molecule has 11 heteroatoms. The minimum absolute atomic E-state index is 0.0611. The van der Waals surface area contributed by atoms with E-state index in [1.165, 1.54) is 19.2 Å². The lowest BCUT2D eigenvalue weighted by Crippen LogP contribution is -2.37. The highest BCUT2D eigenvalue weighted by Gasteiger charge is 2.19. The third kappa shape index (κ3) is 5.83. The van der Waals surface area contributed by atoms with Crippen LogP contribution in [0.4, 0.5) is 5.82 Å². The van der Waals surface area contributed by atoms with E-state index in [9.17, 15) is 8.42 Å². The topological polar surface area (TPSA) is 103 Å². The molecule has 1 aliphatic rings. The van der Waals surface area contributed by atoms with Gasteiger partial charge in [-0.1, -0.05) is 18.2 Å². The normalized spacial score (nSPS) is 14.8. The van der Waals surface area contributed by atoms with E-state index in [1.54, 1.807) is 30.3 Å². The van der Waals surface area contributed by atoms with E-state index >= 15 is 0 Å². The largest absolute Gasteiger partial charge is 0.493 e. The van der Waals surface area contributed by atoms with Crippen molar-refractivity contribution < 1.29 is 22.6 Å². The molecule has 2 aromatic carbocycles. The lowest BCUT2D eigenvalue weighted by Gasteiger charge is -2.26. The Bertz CT molecular complexity index is 1200. The zero-order chi connectivity index (χ0) is 23.3. The molecule has 1 aliphatic heterocycles. The minimum Gasteiger partial charge on any atom is -0.493 e. The van der Waals surface area contributed by atoms with Crippen LogP contribution in [0.3, 0.4) is 0 Å². The smallest absolute Gasteiger partial charge is 0.263 e. The summed E-state index contributed by atoms with van der Waals surface area (Å²) >= 11 is 6.09. The van der Waals surface area contributed by atoms with E-state index in [4.69, 9.17) is 25.8 Å². The molecule has 0 bridgehead atoms. The van der Waals surface area contributed by atoms with Gasteiger partial charge >= 0.3 is 0 Å². The summed E-state index contributed by atoms with van der Waals surface area (Å²) in [4.78, 5) is 10.8. The Kier molecular flexibility index (Phi) is 7.49. The molecule has 1 aromatic heterocycles. The van der Waals surface area contributed by atoms with E-state index < -0.39 is 10.0 Å². The summed E-state index contributed by atoms with van der Waals surface area (Å²) in [5.74, 6) is 1.00. The van der Waals surface area contributed by atoms with Gasteiger partial charge in [-0.2, -0.15) is 4.98 Å². The molecule has 0 atom stereocenters. The Morgan fingerprint density at radius 2 is 1.88 bits per heavy atom. The number of benzene rings is 2. The molecule has 1 fully saturated rings. The SMILES string of the molecule is COc1cc2c(NS(=O)(=O)c3ccccc3)nc(Cl)nc2cc1OCCCN1CCOCC1. The molecule has 1 saturated heterocycles. The number of aromatic nitrogens is 2. The van der Waals surface area contributed by atoms with E-state index in [0.29, 0.717) is 29.0 Å². The maximum atomic E-state index is 12.8. The molecule has 3 aromatic rings. The van der Waals surface area contributed by atoms with Crippen molar-refractivity contribution in [2.75, 3.05) is 51.3 Å². The number of morpholine rings is 1.